The van der Waals surface area contributed by atoms with Crippen LogP contribution in [0.1, 0.15) is 44.2 Å². The van der Waals surface area contributed by atoms with Crippen LogP contribution < -0.4 is 5.56 Å². The predicted octanol–water partition coefficient (Wildman–Crippen LogP) is 2.89. The molecule has 1 aliphatic carbocycles. The van der Waals surface area contributed by atoms with Crippen molar-refractivity contribution in [2.45, 2.75) is 58.0 Å². The Labute approximate surface area is 147 Å². The summed E-state index contributed by atoms with van der Waals surface area (Å²) in [7, 11) is 0. The van der Waals surface area contributed by atoms with Crippen LogP contribution in [0.15, 0.2) is 29.1 Å². The van der Waals surface area contributed by atoms with Gasteiger partial charge in [0.25, 0.3) is 5.56 Å². The molecule has 132 valence electrons. The summed E-state index contributed by atoms with van der Waals surface area (Å²) >= 11 is 0. The summed E-state index contributed by atoms with van der Waals surface area (Å²) in [5.41, 5.74) is 0.614. The van der Waals surface area contributed by atoms with Gasteiger partial charge in [-0.25, -0.2) is 4.68 Å². The van der Waals surface area contributed by atoms with Gasteiger partial charge >= 0.3 is 0 Å². The molecule has 2 fully saturated rings. The van der Waals surface area contributed by atoms with Gasteiger partial charge in [-0.2, -0.15) is 5.10 Å². The van der Waals surface area contributed by atoms with Crippen molar-refractivity contribution < 1.29 is 4.79 Å². The third-order valence-electron chi connectivity index (χ3n) is 5.90. The highest BCUT2D eigenvalue weighted by molar-refractivity contribution is 5.83. The molecule has 1 saturated heterocycles. The highest BCUT2D eigenvalue weighted by Gasteiger charge is 2.35. The number of rotatable bonds is 3. The van der Waals surface area contributed by atoms with Crippen molar-refractivity contribution in [2.24, 2.45) is 5.92 Å². The van der Waals surface area contributed by atoms with Crippen LogP contribution in [-0.2, 0) is 11.3 Å². The summed E-state index contributed by atoms with van der Waals surface area (Å²) in [6.07, 6.45) is 7.23. The molecule has 1 aliphatic heterocycles. The average molecular weight is 339 g/mol. The first-order chi connectivity index (χ1) is 12.1. The molecule has 2 aliphatic rings. The molecule has 1 amide bonds. The summed E-state index contributed by atoms with van der Waals surface area (Å²) in [5, 5.41) is 5.89. The molecule has 0 spiro atoms. The van der Waals surface area contributed by atoms with E-state index < -0.39 is 0 Å². The van der Waals surface area contributed by atoms with Gasteiger partial charge in [-0.15, -0.1) is 0 Å². The molecule has 2 heterocycles. The molecule has 1 saturated carbocycles. The lowest BCUT2D eigenvalue weighted by atomic mass is 9.96. The number of carbonyl (C=O) groups is 1. The Balaban J connectivity index is 1.59. The minimum atomic E-state index is -0.175. The molecular weight excluding hydrogens is 314 g/mol. The van der Waals surface area contributed by atoms with Gasteiger partial charge in [0.15, 0.2) is 0 Å². The van der Waals surface area contributed by atoms with Crippen LogP contribution in [0.25, 0.3) is 10.8 Å². The van der Waals surface area contributed by atoms with Gasteiger partial charge in [-0.05, 0) is 44.6 Å². The zero-order valence-electron chi connectivity index (χ0n) is 14.8. The smallest absolute Gasteiger partial charge is 0.275 e. The van der Waals surface area contributed by atoms with E-state index in [1.807, 2.05) is 36.1 Å². The van der Waals surface area contributed by atoms with E-state index in [9.17, 15) is 9.59 Å². The summed E-state index contributed by atoms with van der Waals surface area (Å²) in [6, 6.07) is 7.84. The molecule has 0 bridgehead atoms. The third kappa shape index (κ3) is 2.96. The van der Waals surface area contributed by atoms with Crippen molar-refractivity contribution in [3.05, 3.63) is 40.3 Å². The standard InChI is InChI=1S/C20H25N3O2/c1-14-16-9-4-5-10-17(16)20(25)23(21-14)13-19(24)22-12-6-11-18(22)15-7-2-3-8-15/h4-5,9-10,15,18H,2-3,6-8,11-13H2,1H3/t18-/m0/s1. The Morgan fingerprint density at radius 2 is 1.84 bits per heavy atom. The molecule has 0 radical (unpaired) electrons. The zero-order chi connectivity index (χ0) is 17.4. The summed E-state index contributed by atoms with van der Waals surface area (Å²) in [4.78, 5) is 27.6. The van der Waals surface area contributed by atoms with Gasteiger partial charge in [0.05, 0.1) is 11.1 Å². The maximum atomic E-state index is 12.9. The second-order valence-corrected chi connectivity index (χ2v) is 7.44. The Morgan fingerprint density at radius 1 is 1.12 bits per heavy atom. The Hall–Kier alpha value is -2.17. The van der Waals surface area contributed by atoms with E-state index in [2.05, 4.69) is 5.10 Å². The Bertz CT molecular complexity index is 852. The number of likely N-dealkylation sites (tertiary alicyclic amines) is 1. The number of nitrogens with zero attached hydrogens (tertiary/aromatic N) is 3. The predicted molar refractivity (Wildman–Crippen MR) is 97.4 cm³/mol. The van der Waals surface area contributed by atoms with Gasteiger partial charge in [0.2, 0.25) is 5.91 Å². The van der Waals surface area contributed by atoms with Crippen LogP contribution in [0.2, 0.25) is 0 Å². The molecule has 0 N–H and O–H groups in total. The molecule has 1 aromatic heterocycles. The summed E-state index contributed by atoms with van der Waals surface area (Å²) in [6.45, 7) is 2.76. The van der Waals surface area contributed by atoms with Crippen molar-refractivity contribution in [1.29, 1.82) is 0 Å². The second-order valence-electron chi connectivity index (χ2n) is 7.44. The monoisotopic (exact) mass is 339 g/mol. The van der Waals surface area contributed by atoms with Crippen molar-refractivity contribution in [3.63, 3.8) is 0 Å². The lowest BCUT2D eigenvalue weighted by molar-refractivity contribution is -0.133. The fraction of sp³-hybridized carbons (Fsp3) is 0.550. The van der Waals surface area contributed by atoms with E-state index in [1.54, 1.807) is 0 Å². The minimum absolute atomic E-state index is 0.0404. The maximum absolute atomic E-state index is 12.9. The van der Waals surface area contributed by atoms with Crippen molar-refractivity contribution in [3.8, 4) is 0 Å². The fourth-order valence-corrected chi connectivity index (χ4v) is 4.67. The van der Waals surface area contributed by atoms with E-state index >= 15 is 0 Å². The first kappa shape index (κ1) is 16.3. The number of hydrogen-bond donors (Lipinski definition) is 0. The number of carbonyl (C=O) groups excluding carboxylic acids is 1. The lowest BCUT2D eigenvalue weighted by Crippen LogP contribution is -2.43. The van der Waals surface area contributed by atoms with Gasteiger partial charge in [-0.3, -0.25) is 9.59 Å². The molecule has 1 atom stereocenters. The van der Waals surface area contributed by atoms with Crippen molar-refractivity contribution in [2.75, 3.05) is 6.54 Å². The summed E-state index contributed by atoms with van der Waals surface area (Å²) in [5.74, 6) is 0.688. The maximum Gasteiger partial charge on any atom is 0.275 e. The van der Waals surface area contributed by atoms with Gasteiger partial charge in [-0.1, -0.05) is 31.0 Å². The van der Waals surface area contributed by atoms with Crippen molar-refractivity contribution >= 4 is 16.7 Å². The van der Waals surface area contributed by atoms with E-state index in [0.717, 1.165) is 30.5 Å². The van der Waals surface area contributed by atoms with E-state index in [1.165, 1.54) is 30.4 Å². The van der Waals surface area contributed by atoms with Gasteiger partial charge < -0.3 is 4.90 Å². The molecule has 0 unspecified atom stereocenters. The SMILES string of the molecule is Cc1nn(CC(=O)N2CCC[C@H]2C2CCCC2)c(=O)c2ccccc12. The lowest BCUT2D eigenvalue weighted by Gasteiger charge is -2.29. The highest BCUT2D eigenvalue weighted by Crippen LogP contribution is 2.35. The Morgan fingerprint density at radius 3 is 2.60 bits per heavy atom. The number of hydrogen-bond acceptors (Lipinski definition) is 3. The third-order valence-corrected chi connectivity index (χ3v) is 5.90. The van der Waals surface area contributed by atoms with E-state index in [-0.39, 0.29) is 18.0 Å². The van der Waals surface area contributed by atoms with Crippen LogP contribution in [0, 0.1) is 12.8 Å². The molecule has 1 aromatic carbocycles. The number of aromatic nitrogens is 2. The second kappa shape index (κ2) is 6.62. The van der Waals surface area contributed by atoms with Gasteiger partial charge in [0.1, 0.15) is 6.54 Å². The Kier molecular flexibility index (Phi) is 4.32. The van der Waals surface area contributed by atoms with Crippen LogP contribution in [0.3, 0.4) is 0 Å². The topological polar surface area (TPSA) is 55.2 Å². The molecule has 5 nitrogen and oxygen atoms in total. The molecule has 5 heteroatoms. The molecule has 4 rings (SSSR count). The number of aryl methyl sites for hydroxylation is 1. The van der Waals surface area contributed by atoms with E-state index in [4.69, 9.17) is 0 Å². The fourth-order valence-electron chi connectivity index (χ4n) is 4.67. The quantitative estimate of drug-likeness (QED) is 0.864. The normalized spacial score (nSPS) is 21.3. The van der Waals surface area contributed by atoms with Crippen LogP contribution in [0.5, 0.6) is 0 Å². The first-order valence-electron chi connectivity index (χ1n) is 9.41. The van der Waals surface area contributed by atoms with E-state index in [0.29, 0.717) is 17.3 Å². The number of benzene rings is 1. The minimum Gasteiger partial charge on any atom is -0.338 e. The number of fused-ring (bicyclic) bond motifs is 1. The van der Waals surface area contributed by atoms with Crippen LogP contribution in [0.4, 0.5) is 0 Å². The summed E-state index contributed by atoms with van der Waals surface area (Å²) < 4.78 is 1.35. The van der Waals surface area contributed by atoms with Gasteiger partial charge in [0, 0.05) is 18.0 Å². The van der Waals surface area contributed by atoms with Crippen LogP contribution >= 0.6 is 0 Å². The molecular formula is C20H25N3O2. The highest BCUT2D eigenvalue weighted by atomic mass is 16.2. The first-order valence-corrected chi connectivity index (χ1v) is 9.41. The average Bonchev–Trinajstić information content (AvgIpc) is 3.30. The zero-order valence-corrected chi connectivity index (χ0v) is 14.8. The molecule has 25 heavy (non-hydrogen) atoms. The molecule has 2 aromatic rings. The largest absolute Gasteiger partial charge is 0.338 e. The van der Waals surface area contributed by atoms with Crippen molar-refractivity contribution in [1.82, 2.24) is 14.7 Å². The van der Waals surface area contributed by atoms with Crippen LogP contribution in [-0.4, -0.2) is 33.2 Å². The number of amides is 1.